The van der Waals surface area contributed by atoms with E-state index in [1.807, 2.05) is 0 Å². The largest absolute Gasteiger partial charge is 0.295 e. The average Bonchev–Trinajstić information content (AvgIpc) is 1.90. The van der Waals surface area contributed by atoms with Gasteiger partial charge in [-0.15, -0.1) is 0 Å². The first-order chi connectivity index (χ1) is 4.30. The number of hydrogen-bond acceptors (Lipinski definition) is 3. The fraction of sp³-hybridized carbons (Fsp3) is 0. The van der Waals surface area contributed by atoms with Crippen molar-refractivity contribution in [2.45, 2.75) is 0 Å². The molecule has 0 atom stereocenters. The summed E-state index contributed by atoms with van der Waals surface area (Å²) >= 11 is 0. The quantitative estimate of drug-likeness (QED) is 0.409. The minimum absolute atomic E-state index is 0.0995. The van der Waals surface area contributed by atoms with Crippen LogP contribution in [0.15, 0.2) is 18.5 Å². The number of nitrogens with zero attached hydrogens (tertiary/aromatic N) is 2. The summed E-state index contributed by atoms with van der Waals surface area (Å²) in [4.78, 5) is 12.9. The molecule has 0 saturated heterocycles. The highest BCUT2D eigenvalue weighted by Crippen LogP contribution is 2.03. The Labute approximate surface area is 51.3 Å². The highest BCUT2D eigenvalue weighted by Gasteiger charge is 2.00. The van der Waals surface area contributed by atoms with Gasteiger partial charge in [-0.05, 0) is 6.07 Å². The van der Waals surface area contributed by atoms with Gasteiger partial charge in [-0.1, -0.05) is 0 Å². The maximum atomic E-state index is 9.94. The molecule has 1 radical (unpaired) electrons. The summed E-state index contributed by atoms with van der Waals surface area (Å²) in [6.07, 6.45) is 2.59. The molecule has 4 heteroatoms. The van der Waals surface area contributed by atoms with E-state index in [0.717, 1.165) is 6.20 Å². The van der Waals surface area contributed by atoms with Crippen molar-refractivity contribution in [3.8, 4) is 0 Å². The molecule has 4 nitrogen and oxygen atoms in total. The first-order valence-electron chi connectivity index (χ1n) is 2.27. The van der Waals surface area contributed by atoms with Gasteiger partial charge >= 0.3 is 0 Å². The monoisotopic (exact) mass is 123 g/mol. The van der Waals surface area contributed by atoms with E-state index in [9.17, 15) is 10.1 Å². The lowest BCUT2D eigenvalue weighted by Crippen LogP contribution is -1.86. The molecule has 1 aromatic heterocycles. The molecule has 0 saturated carbocycles. The second kappa shape index (κ2) is 2.21. The molecule has 9 heavy (non-hydrogen) atoms. The van der Waals surface area contributed by atoms with Crippen LogP contribution in [0.3, 0.4) is 0 Å². The first-order valence-corrected chi connectivity index (χ1v) is 2.27. The van der Waals surface area contributed by atoms with E-state index in [0.29, 0.717) is 0 Å². The lowest BCUT2D eigenvalue weighted by Gasteiger charge is -1.84. The van der Waals surface area contributed by atoms with Crippen LogP contribution in [-0.2, 0) is 0 Å². The molecule has 0 spiro atoms. The van der Waals surface area contributed by atoms with Crippen molar-refractivity contribution >= 4 is 5.69 Å². The molecular weight excluding hydrogens is 120 g/mol. The summed E-state index contributed by atoms with van der Waals surface area (Å²) in [6, 6.07) is 3.81. The van der Waals surface area contributed by atoms with Gasteiger partial charge in [0.1, 0.15) is 6.20 Å². The molecular formula is C5H3N2O2. The van der Waals surface area contributed by atoms with Gasteiger partial charge in [-0.2, -0.15) is 0 Å². The summed E-state index contributed by atoms with van der Waals surface area (Å²) in [6.45, 7) is 0. The Morgan fingerprint density at radius 3 is 2.89 bits per heavy atom. The molecule has 0 bridgehead atoms. The minimum atomic E-state index is -0.535. The Morgan fingerprint density at radius 1 is 1.78 bits per heavy atom. The predicted octanol–water partition coefficient (Wildman–Crippen LogP) is 0.790. The Balaban J connectivity index is 2.98. The summed E-state index contributed by atoms with van der Waals surface area (Å²) in [7, 11) is 0. The standard InChI is InChI=1S/C5H3N2O2/c8-7(9)5-2-1-3-6-4-5/h1,3-4H. The summed E-state index contributed by atoms with van der Waals surface area (Å²) in [5.41, 5.74) is -0.0995. The van der Waals surface area contributed by atoms with E-state index >= 15 is 0 Å². The molecule has 0 N–H and O–H groups in total. The summed E-state index contributed by atoms with van der Waals surface area (Å²) < 4.78 is 0. The Morgan fingerprint density at radius 2 is 2.56 bits per heavy atom. The zero-order valence-electron chi connectivity index (χ0n) is 4.44. The summed E-state index contributed by atoms with van der Waals surface area (Å²) in [5, 5.41) is 9.94. The number of aromatic nitrogens is 1. The van der Waals surface area contributed by atoms with Crippen LogP contribution in [-0.4, -0.2) is 9.91 Å². The van der Waals surface area contributed by atoms with E-state index < -0.39 is 4.92 Å². The normalized spacial score (nSPS) is 8.89. The number of rotatable bonds is 1. The van der Waals surface area contributed by atoms with Gasteiger partial charge in [0.2, 0.25) is 0 Å². The zero-order valence-corrected chi connectivity index (χ0v) is 4.44. The van der Waals surface area contributed by atoms with Gasteiger partial charge in [-0.3, -0.25) is 15.1 Å². The van der Waals surface area contributed by atoms with Crippen LogP contribution in [0.25, 0.3) is 0 Å². The van der Waals surface area contributed by atoms with Crippen molar-refractivity contribution in [3.05, 3.63) is 34.6 Å². The van der Waals surface area contributed by atoms with Gasteiger partial charge in [0, 0.05) is 6.20 Å². The molecule has 45 valence electrons. The fourth-order valence-corrected chi connectivity index (χ4v) is 0.416. The van der Waals surface area contributed by atoms with Gasteiger partial charge in [0.25, 0.3) is 5.69 Å². The maximum Gasteiger partial charge on any atom is 0.295 e. The van der Waals surface area contributed by atoms with Crippen molar-refractivity contribution in [2.24, 2.45) is 0 Å². The van der Waals surface area contributed by atoms with Crippen molar-refractivity contribution in [1.29, 1.82) is 0 Å². The van der Waals surface area contributed by atoms with Crippen LogP contribution < -0.4 is 0 Å². The predicted molar refractivity (Wildman–Crippen MR) is 29.7 cm³/mol. The molecule has 0 aliphatic carbocycles. The van der Waals surface area contributed by atoms with Crippen LogP contribution in [0.1, 0.15) is 0 Å². The van der Waals surface area contributed by atoms with E-state index in [2.05, 4.69) is 11.1 Å². The van der Waals surface area contributed by atoms with E-state index in [-0.39, 0.29) is 5.69 Å². The Kier molecular flexibility index (Phi) is 1.40. The smallest absolute Gasteiger partial charge is 0.258 e. The highest BCUT2D eigenvalue weighted by atomic mass is 16.6. The van der Waals surface area contributed by atoms with Crippen molar-refractivity contribution in [3.63, 3.8) is 0 Å². The first kappa shape index (κ1) is 5.68. The van der Waals surface area contributed by atoms with Crippen molar-refractivity contribution < 1.29 is 4.92 Å². The lowest BCUT2D eigenvalue weighted by atomic mass is 10.4. The molecule has 0 aliphatic rings. The molecule has 1 rings (SSSR count). The molecule has 0 fully saturated rings. The van der Waals surface area contributed by atoms with E-state index in [4.69, 9.17) is 0 Å². The lowest BCUT2D eigenvalue weighted by molar-refractivity contribution is -0.385. The van der Waals surface area contributed by atoms with E-state index in [1.165, 1.54) is 12.3 Å². The summed E-state index contributed by atoms with van der Waals surface area (Å²) in [5.74, 6) is 0. The molecule has 1 aromatic rings. The highest BCUT2D eigenvalue weighted by molar-refractivity contribution is 5.21. The average molecular weight is 123 g/mol. The number of nitro groups is 1. The third-order valence-electron chi connectivity index (χ3n) is 0.785. The van der Waals surface area contributed by atoms with Crippen molar-refractivity contribution in [2.75, 3.05) is 0 Å². The second-order valence-corrected chi connectivity index (χ2v) is 1.38. The molecule has 0 amide bonds. The molecule has 1 heterocycles. The Bertz CT molecular complexity index is 209. The van der Waals surface area contributed by atoms with E-state index in [1.54, 1.807) is 0 Å². The van der Waals surface area contributed by atoms with Crippen LogP contribution in [0.5, 0.6) is 0 Å². The topological polar surface area (TPSA) is 56.0 Å². The maximum absolute atomic E-state index is 9.94. The van der Waals surface area contributed by atoms with Crippen LogP contribution in [0.2, 0.25) is 0 Å². The van der Waals surface area contributed by atoms with Crippen LogP contribution in [0.4, 0.5) is 5.69 Å². The van der Waals surface area contributed by atoms with Gasteiger partial charge in [0.15, 0.2) is 0 Å². The molecule has 0 aliphatic heterocycles. The molecule has 0 unspecified atom stereocenters. The zero-order chi connectivity index (χ0) is 6.69. The molecule has 0 aromatic carbocycles. The van der Waals surface area contributed by atoms with Gasteiger partial charge in [0.05, 0.1) is 11.0 Å². The third-order valence-corrected chi connectivity index (χ3v) is 0.785. The third kappa shape index (κ3) is 1.22. The van der Waals surface area contributed by atoms with Crippen LogP contribution >= 0.6 is 0 Å². The van der Waals surface area contributed by atoms with Gasteiger partial charge < -0.3 is 0 Å². The van der Waals surface area contributed by atoms with Gasteiger partial charge in [-0.25, -0.2) is 0 Å². The Hall–Kier alpha value is -1.45. The second-order valence-electron chi connectivity index (χ2n) is 1.38. The number of hydrogen-bond donors (Lipinski definition) is 0. The van der Waals surface area contributed by atoms with Crippen LogP contribution in [0, 0.1) is 16.2 Å². The minimum Gasteiger partial charge on any atom is -0.258 e. The SMILES string of the molecule is O=[N+]([O-])c1[c]ccnc1. The van der Waals surface area contributed by atoms with Crippen molar-refractivity contribution in [1.82, 2.24) is 4.98 Å². The number of pyridine rings is 1. The fourth-order valence-electron chi connectivity index (χ4n) is 0.416.